The Morgan fingerprint density at radius 3 is 2.88 bits per heavy atom. The van der Waals surface area contributed by atoms with Crippen LogP contribution in [-0.2, 0) is 12.8 Å². The first-order valence-corrected chi connectivity index (χ1v) is 7.41. The van der Waals surface area contributed by atoms with E-state index in [1.54, 1.807) is 0 Å². The highest BCUT2D eigenvalue weighted by molar-refractivity contribution is 9.10. The average molecular weight is 318 g/mol. The molecule has 1 heterocycles. The molecule has 0 aromatic heterocycles. The second-order valence-electron chi connectivity index (χ2n) is 5.13. The van der Waals surface area contributed by atoms with Crippen LogP contribution >= 0.6 is 27.5 Å². The number of benzene rings is 1. The zero-order chi connectivity index (χ0) is 12.5. The predicted octanol–water partition coefficient (Wildman–Crippen LogP) is 4.58. The maximum absolute atomic E-state index is 6.10. The molecule has 1 unspecified atom stereocenters. The van der Waals surface area contributed by atoms with Crippen molar-refractivity contribution in [2.75, 3.05) is 12.5 Å². The Bertz CT molecular complexity index is 413. The number of fused-ring (bicyclic) bond motifs is 1. The smallest absolute Gasteiger partial charge is 0.125 e. The third kappa shape index (κ3) is 2.79. The molecule has 0 fully saturated rings. The van der Waals surface area contributed by atoms with Crippen molar-refractivity contribution in [3.05, 3.63) is 27.7 Å². The highest BCUT2D eigenvalue weighted by atomic mass is 79.9. The molecule has 0 amide bonds. The summed E-state index contributed by atoms with van der Waals surface area (Å²) in [6.07, 6.45) is 3.08. The zero-order valence-electron chi connectivity index (χ0n) is 10.4. The van der Waals surface area contributed by atoms with Gasteiger partial charge in [0.1, 0.15) is 5.75 Å². The molecular formula is C14H18BrClO. The van der Waals surface area contributed by atoms with Crippen molar-refractivity contribution in [2.45, 2.75) is 33.1 Å². The van der Waals surface area contributed by atoms with Gasteiger partial charge in [0, 0.05) is 16.8 Å². The largest absolute Gasteiger partial charge is 0.493 e. The van der Waals surface area contributed by atoms with E-state index in [1.807, 2.05) is 0 Å². The van der Waals surface area contributed by atoms with E-state index >= 15 is 0 Å². The second-order valence-corrected chi connectivity index (χ2v) is 6.31. The lowest BCUT2D eigenvalue weighted by Crippen LogP contribution is -2.20. The Hall–Kier alpha value is -0.210. The molecule has 1 aromatic carbocycles. The van der Waals surface area contributed by atoms with Crippen LogP contribution in [0.2, 0.25) is 0 Å². The maximum atomic E-state index is 6.10. The molecular weight excluding hydrogens is 300 g/mol. The SMILES string of the molecule is CCC(C)(CCl)Cc1cc(Br)cc2c1OCC2. The molecule has 3 heteroatoms. The lowest BCUT2D eigenvalue weighted by atomic mass is 9.82. The van der Waals surface area contributed by atoms with E-state index in [1.165, 1.54) is 11.1 Å². The highest BCUT2D eigenvalue weighted by Crippen LogP contribution is 2.38. The lowest BCUT2D eigenvalue weighted by molar-refractivity contribution is 0.329. The van der Waals surface area contributed by atoms with Gasteiger partial charge in [-0.15, -0.1) is 11.6 Å². The number of rotatable bonds is 4. The van der Waals surface area contributed by atoms with Gasteiger partial charge < -0.3 is 4.74 Å². The summed E-state index contributed by atoms with van der Waals surface area (Å²) in [6, 6.07) is 4.33. The molecule has 94 valence electrons. The summed E-state index contributed by atoms with van der Waals surface area (Å²) >= 11 is 9.68. The Labute approximate surface area is 117 Å². The molecule has 1 aliphatic heterocycles. The van der Waals surface area contributed by atoms with Gasteiger partial charge in [-0.05, 0) is 41.5 Å². The van der Waals surface area contributed by atoms with E-state index in [2.05, 4.69) is 41.9 Å². The molecule has 0 bridgehead atoms. The summed E-state index contributed by atoms with van der Waals surface area (Å²) in [7, 11) is 0. The third-order valence-electron chi connectivity index (χ3n) is 3.62. The first-order valence-electron chi connectivity index (χ1n) is 6.08. The third-order valence-corrected chi connectivity index (χ3v) is 4.72. The first kappa shape index (κ1) is 13.2. The van der Waals surface area contributed by atoms with Gasteiger partial charge in [-0.1, -0.05) is 29.8 Å². The Kier molecular flexibility index (Phi) is 4.04. The maximum Gasteiger partial charge on any atom is 0.125 e. The molecule has 17 heavy (non-hydrogen) atoms. The zero-order valence-corrected chi connectivity index (χ0v) is 12.7. The van der Waals surface area contributed by atoms with Crippen molar-refractivity contribution in [2.24, 2.45) is 5.41 Å². The molecule has 0 spiro atoms. The molecule has 2 rings (SSSR count). The van der Waals surface area contributed by atoms with Crippen LogP contribution < -0.4 is 4.74 Å². The Morgan fingerprint density at radius 1 is 1.47 bits per heavy atom. The van der Waals surface area contributed by atoms with E-state index < -0.39 is 0 Å². The van der Waals surface area contributed by atoms with Crippen molar-refractivity contribution in [3.63, 3.8) is 0 Å². The fourth-order valence-corrected chi connectivity index (χ4v) is 3.04. The van der Waals surface area contributed by atoms with Crippen molar-refractivity contribution in [1.29, 1.82) is 0 Å². The number of halogens is 2. The van der Waals surface area contributed by atoms with Gasteiger partial charge in [0.2, 0.25) is 0 Å². The van der Waals surface area contributed by atoms with Gasteiger partial charge >= 0.3 is 0 Å². The standard InChI is InChI=1S/C14H18BrClO/c1-3-14(2,9-16)8-11-7-12(15)6-10-4-5-17-13(10)11/h6-7H,3-5,8-9H2,1-2H3. The van der Waals surface area contributed by atoms with Crippen molar-refractivity contribution in [1.82, 2.24) is 0 Å². The summed E-state index contributed by atoms with van der Waals surface area (Å²) in [6.45, 7) is 5.24. The molecule has 0 aliphatic carbocycles. The van der Waals surface area contributed by atoms with Crippen molar-refractivity contribution < 1.29 is 4.74 Å². The summed E-state index contributed by atoms with van der Waals surface area (Å²) < 4.78 is 6.90. The molecule has 1 aromatic rings. The number of hydrogen-bond acceptors (Lipinski definition) is 1. The normalized spacial score (nSPS) is 17.4. The van der Waals surface area contributed by atoms with E-state index in [4.69, 9.17) is 16.3 Å². The fraction of sp³-hybridized carbons (Fsp3) is 0.571. The van der Waals surface area contributed by atoms with Crippen LogP contribution in [0.1, 0.15) is 31.4 Å². The Balaban J connectivity index is 2.33. The number of ether oxygens (including phenoxy) is 1. The fourth-order valence-electron chi connectivity index (χ4n) is 2.20. The van der Waals surface area contributed by atoms with E-state index in [0.717, 1.165) is 36.1 Å². The molecule has 1 aliphatic rings. The minimum atomic E-state index is 0.155. The molecule has 1 atom stereocenters. The first-order chi connectivity index (χ1) is 8.08. The van der Waals surface area contributed by atoms with Crippen molar-refractivity contribution in [3.8, 4) is 5.75 Å². The minimum Gasteiger partial charge on any atom is -0.493 e. The summed E-state index contributed by atoms with van der Waals surface area (Å²) in [5.74, 6) is 1.78. The quantitative estimate of drug-likeness (QED) is 0.739. The Morgan fingerprint density at radius 2 is 2.24 bits per heavy atom. The van der Waals surface area contributed by atoms with Crippen LogP contribution in [0.3, 0.4) is 0 Å². The van der Waals surface area contributed by atoms with E-state index in [9.17, 15) is 0 Å². The van der Waals surface area contributed by atoms with Gasteiger partial charge in [0.05, 0.1) is 6.61 Å². The second kappa shape index (κ2) is 5.19. The average Bonchev–Trinajstić information content (AvgIpc) is 2.77. The van der Waals surface area contributed by atoms with Crippen LogP contribution in [0, 0.1) is 5.41 Å². The van der Waals surface area contributed by atoms with Crippen LogP contribution in [0.15, 0.2) is 16.6 Å². The predicted molar refractivity (Wildman–Crippen MR) is 76.2 cm³/mol. The number of hydrogen-bond donors (Lipinski definition) is 0. The van der Waals surface area contributed by atoms with Crippen molar-refractivity contribution >= 4 is 27.5 Å². The van der Waals surface area contributed by atoms with Crippen LogP contribution in [0.25, 0.3) is 0 Å². The summed E-state index contributed by atoms with van der Waals surface area (Å²) in [5, 5.41) is 0. The van der Waals surface area contributed by atoms with Gasteiger partial charge in [0.25, 0.3) is 0 Å². The van der Waals surface area contributed by atoms with Crippen LogP contribution in [-0.4, -0.2) is 12.5 Å². The van der Waals surface area contributed by atoms with Gasteiger partial charge in [-0.3, -0.25) is 0 Å². The number of alkyl halides is 1. The van der Waals surface area contributed by atoms with Crippen LogP contribution in [0.4, 0.5) is 0 Å². The minimum absolute atomic E-state index is 0.155. The van der Waals surface area contributed by atoms with E-state index in [0.29, 0.717) is 5.88 Å². The molecule has 0 saturated heterocycles. The monoisotopic (exact) mass is 316 g/mol. The molecule has 1 nitrogen and oxygen atoms in total. The lowest BCUT2D eigenvalue weighted by Gasteiger charge is -2.26. The molecule has 0 saturated carbocycles. The van der Waals surface area contributed by atoms with Gasteiger partial charge in [0.15, 0.2) is 0 Å². The van der Waals surface area contributed by atoms with Crippen LogP contribution in [0.5, 0.6) is 5.75 Å². The highest BCUT2D eigenvalue weighted by Gasteiger charge is 2.26. The molecule has 0 radical (unpaired) electrons. The van der Waals surface area contributed by atoms with Gasteiger partial charge in [-0.2, -0.15) is 0 Å². The molecule has 0 N–H and O–H groups in total. The van der Waals surface area contributed by atoms with E-state index in [-0.39, 0.29) is 5.41 Å². The van der Waals surface area contributed by atoms with Gasteiger partial charge in [-0.25, -0.2) is 0 Å². The summed E-state index contributed by atoms with van der Waals surface area (Å²) in [5.41, 5.74) is 2.77. The summed E-state index contributed by atoms with van der Waals surface area (Å²) in [4.78, 5) is 0. The topological polar surface area (TPSA) is 9.23 Å².